The van der Waals surface area contributed by atoms with E-state index in [1.165, 1.54) is 12.1 Å². The van der Waals surface area contributed by atoms with Crippen LogP contribution in [0.5, 0.6) is 5.75 Å². The van der Waals surface area contributed by atoms with Gasteiger partial charge in [0.25, 0.3) is 0 Å². The number of fused-ring (bicyclic) bond motifs is 2. The summed E-state index contributed by atoms with van der Waals surface area (Å²) in [5.41, 5.74) is 1.24. The molecule has 1 aliphatic carbocycles. The Balaban J connectivity index is 1.78. The number of carbonyl (C=O) groups excluding carboxylic acids is 3. The second-order valence-electron chi connectivity index (χ2n) is 5.78. The SMILES string of the molecule is O=C(Oc1cccc2c1C(=O)c1ccccc1C2=O)c1cccc(Cl)c1. The molecule has 0 heterocycles. The van der Waals surface area contributed by atoms with E-state index in [1.54, 1.807) is 54.6 Å². The molecule has 0 aliphatic heterocycles. The predicted octanol–water partition coefficient (Wildman–Crippen LogP) is 4.33. The molecule has 0 amide bonds. The molecule has 0 unspecified atom stereocenters. The molecule has 3 aromatic rings. The van der Waals surface area contributed by atoms with Crippen molar-refractivity contribution in [3.63, 3.8) is 0 Å². The molecule has 26 heavy (non-hydrogen) atoms. The normalized spacial score (nSPS) is 12.3. The lowest BCUT2D eigenvalue weighted by Gasteiger charge is -2.19. The van der Waals surface area contributed by atoms with Crippen molar-refractivity contribution in [1.82, 2.24) is 0 Å². The maximum atomic E-state index is 12.9. The van der Waals surface area contributed by atoms with Gasteiger partial charge in [0.15, 0.2) is 11.6 Å². The Morgan fingerprint density at radius 2 is 1.42 bits per heavy atom. The summed E-state index contributed by atoms with van der Waals surface area (Å²) in [5.74, 6) is -1.21. The van der Waals surface area contributed by atoms with Crippen molar-refractivity contribution in [1.29, 1.82) is 0 Å². The number of benzene rings is 3. The largest absolute Gasteiger partial charge is 0.422 e. The van der Waals surface area contributed by atoms with Gasteiger partial charge >= 0.3 is 5.97 Å². The third-order valence-corrected chi connectivity index (χ3v) is 4.41. The van der Waals surface area contributed by atoms with Gasteiger partial charge in [-0.1, -0.05) is 54.1 Å². The number of ether oxygens (including phenoxy) is 1. The smallest absolute Gasteiger partial charge is 0.343 e. The van der Waals surface area contributed by atoms with Crippen molar-refractivity contribution >= 4 is 29.1 Å². The van der Waals surface area contributed by atoms with E-state index in [1.807, 2.05) is 0 Å². The highest BCUT2D eigenvalue weighted by Crippen LogP contribution is 2.33. The van der Waals surface area contributed by atoms with Crippen molar-refractivity contribution in [3.8, 4) is 5.75 Å². The lowest BCUT2D eigenvalue weighted by molar-refractivity contribution is 0.0731. The van der Waals surface area contributed by atoms with E-state index in [0.29, 0.717) is 16.1 Å². The van der Waals surface area contributed by atoms with Crippen LogP contribution in [0.4, 0.5) is 0 Å². The third-order valence-electron chi connectivity index (χ3n) is 4.18. The van der Waals surface area contributed by atoms with E-state index in [9.17, 15) is 14.4 Å². The van der Waals surface area contributed by atoms with Gasteiger partial charge in [0, 0.05) is 21.7 Å². The first kappa shape index (κ1) is 16.2. The van der Waals surface area contributed by atoms with E-state index in [-0.39, 0.29) is 34.0 Å². The summed E-state index contributed by atoms with van der Waals surface area (Å²) >= 11 is 5.90. The first-order chi connectivity index (χ1) is 12.6. The second-order valence-corrected chi connectivity index (χ2v) is 6.22. The Hall–Kier alpha value is -3.24. The highest BCUT2D eigenvalue weighted by molar-refractivity contribution is 6.31. The molecule has 0 atom stereocenters. The molecule has 3 aromatic carbocycles. The van der Waals surface area contributed by atoms with E-state index < -0.39 is 5.97 Å². The molecular formula is C21H11ClO4. The molecule has 0 spiro atoms. The highest BCUT2D eigenvalue weighted by atomic mass is 35.5. The maximum absolute atomic E-state index is 12.9. The summed E-state index contributed by atoms with van der Waals surface area (Å²) in [6.07, 6.45) is 0. The topological polar surface area (TPSA) is 60.4 Å². The van der Waals surface area contributed by atoms with Crippen LogP contribution in [0.15, 0.2) is 66.7 Å². The minimum Gasteiger partial charge on any atom is -0.422 e. The van der Waals surface area contributed by atoms with Crippen LogP contribution in [0.1, 0.15) is 42.2 Å². The number of carbonyl (C=O) groups is 3. The van der Waals surface area contributed by atoms with Crippen LogP contribution >= 0.6 is 11.6 Å². The fraction of sp³-hybridized carbons (Fsp3) is 0. The number of halogens is 1. The Labute approximate surface area is 154 Å². The fourth-order valence-electron chi connectivity index (χ4n) is 2.97. The van der Waals surface area contributed by atoms with Crippen LogP contribution in [-0.2, 0) is 0 Å². The summed E-state index contributed by atoms with van der Waals surface area (Å²) in [6, 6.07) is 17.5. The van der Waals surface area contributed by atoms with Gasteiger partial charge in [-0.25, -0.2) is 4.79 Å². The standard InChI is InChI=1S/C21H11ClO4/c22-13-6-3-5-12(11-13)21(25)26-17-10-4-9-16-18(17)20(24)15-8-2-1-7-14(15)19(16)23/h1-11H. The Bertz CT molecular complexity index is 1080. The van der Waals surface area contributed by atoms with E-state index >= 15 is 0 Å². The fourth-order valence-corrected chi connectivity index (χ4v) is 3.16. The summed E-state index contributed by atoms with van der Waals surface area (Å²) in [6.45, 7) is 0. The monoisotopic (exact) mass is 362 g/mol. The summed E-state index contributed by atoms with van der Waals surface area (Å²) < 4.78 is 5.42. The van der Waals surface area contributed by atoms with Crippen LogP contribution < -0.4 is 4.74 Å². The van der Waals surface area contributed by atoms with Gasteiger partial charge in [-0.2, -0.15) is 0 Å². The quantitative estimate of drug-likeness (QED) is 0.393. The van der Waals surface area contributed by atoms with Gasteiger partial charge in [0.2, 0.25) is 0 Å². The van der Waals surface area contributed by atoms with Crippen molar-refractivity contribution in [2.45, 2.75) is 0 Å². The van der Waals surface area contributed by atoms with Crippen LogP contribution in [0.25, 0.3) is 0 Å². The number of hydrogen-bond donors (Lipinski definition) is 0. The Morgan fingerprint density at radius 1 is 0.769 bits per heavy atom. The Kier molecular flexibility index (Phi) is 3.90. The van der Waals surface area contributed by atoms with Gasteiger partial charge in [-0.05, 0) is 24.3 Å². The zero-order chi connectivity index (χ0) is 18.3. The van der Waals surface area contributed by atoms with Gasteiger partial charge in [0.1, 0.15) is 5.75 Å². The van der Waals surface area contributed by atoms with Crippen LogP contribution in [-0.4, -0.2) is 17.5 Å². The first-order valence-corrected chi connectivity index (χ1v) is 8.23. The number of ketones is 2. The van der Waals surface area contributed by atoms with Crippen LogP contribution in [0, 0.1) is 0 Å². The molecule has 0 aromatic heterocycles. The summed E-state index contributed by atoms with van der Waals surface area (Å²) in [7, 11) is 0. The molecule has 0 bridgehead atoms. The van der Waals surface area contributed by atoms with Gasteiger partial charge in [0.05, 0.1) is 11.1 Å². The molecule has 126 valence electrons. The number of hydrogen-bond acceptors (Lipinski definition) is 4. The lowest BCUT2D eigenvalue weighted by Crippen LogP contribution is -2.22. The van der Waals surface area contributed by atoms with Gasteiger partial charge < -0.3 is 4.74 Å². The van der Waals surface area contributed by atoms with Crippen molar-refractivity contribution in [3.05, 3.63) is 99.6 Å². The van der Waals surface area contributed by atoms with Crippen molar-refractivity contribution in [2.75, 3.05) is 0 Å². The molecule has 4 rings (SSSR count). The predicted molar refractivity (Wildman–Crippen MR) is 96.2 cm³/mol. The zero-order valence-corrected chi connectivity index (χ0v) is 14.1. The van der Waals surface area contributed by atoms with Gasteiger partial charge in [-0.3, -0.25) is 9.59 Å². The lowest BCUT2D eigenvalue weighted by atomic mass is 9.83. The molecule has 1 aliphatic rings. The summed E-state index contributed by atoms with van der Waals surface area (Å²) in [5, 5.41) is 0.398. The molecule has 0 radical (unpaired) electrons. The number of rotatable bonds is 2. The molecule has 0 fully saturated rings. The minimum absolute atomic E-state index is 0.0559. The van der Waals surface area contributed by atoms with Gasteiger partial charge in [-0.15, -0.1) is 0 Å². The maximum Gasteiger partial charge on any atom is 0.343 e. The molecule has 5 heteroatoms. The molecule has 0 N–H and O–H groups in total. The first-order valence-electron chi connectivity index (χ1n) is 7.85. The van der Waals surface area contributed by atoms with E-state index in [4.69, 9.17) is 16.3 Å². The third kappa shape index (κ3) is 2.61. The average molecular weight is 363 g/mol. The van der Waals surface area contributed by atoms with Crippen LogP contribution in [0.2, 0.25) is 5.02 Å². The second kappa shape index (κ2) is 6.24. The minimum atomic E-state index is -0.653. The zero-order valence-electron chi connectivity index (χ0n) is 13.4. The average Bonchev–Trinajstić information content (AvgIpc) is 2.66. The molecular weight excluding hydrogens is 352 g/mol. The molecule has 0 saturated carbocycles. The van der Waals surface area contributed by atoms with Crippen LogP contribution in [0.3, 0.4) is 0 Å². The highest BCUT2D eigenvalue weighted by Gasteiger charge is 2.32. The molecule has 4 nitrogen and oxygen atoms in total. The summed E-state index contributed by atoms with van der Waals surface area (Å²) in [4.78, 5) is 38.0. The molecule has 0 saturated heterocycles. The van der Waals surface area contributed by atoms with E-state index in [2.05, 4.69) is 0 Å². The van der Waals surface area contributed by atoms with Crippen molar-refractivity contribution in [2.24, 2.45) is 0 Å². The van der Waals surface area contributed by atoms with E-state index in [0.717, 1.165) is 0 Å². The Morgan fingerprint density at radius 3 is 2.15 bits per heavy atom. The number of esters is 1. The van der Waals surface area contributed by atoms with Crippen molar-refractivity contribution < 1.29 is 19.1 Å².